The maximum Gasteiger partial charge on any atom is 0.435 e. The van der Waals surface area contributed by atoms with E-state index in [2.05, 4.69) is 21.9 Å². The van der Waals surface area contributed by atoms with Gasteiger partial charge in [-0.3, -0.25) is 4.90 Å². The van der Waals surface area contributed by atoms with Crippen molar-refractivity contribution in [2.75, 3.05) is 13.1 Å². The lowest BCUT2D eigenvalue weighted by molar-refractivity contribution is -0.141. The predicted octanol–water partition coefficient (Wildman–Crippen LogP) is 4.16. The highest BCUT2D eigenvalue weighted by Crippen LogP contribution is 2.33. The fourth-order valence-electron chi connectivity index (χ4n) is 3.55. The van der Waals surface area contributed by atoms with Crippen LogP contribution >= 0.6 is 0 Å². The van der Waals surface area contributed by atoms with Gasteiger partial charge in [0.15, 0.2) is 11.3 Å². The number of halogens is 3. The van der Waals surface area contributed by atoms with Crippen molar-refractivity contribution in [1.29, 1.82) is 0 Å². The average molecular weight is 370 g/mol. The van der Waals surface area contributed by atoms with Crippen LogP contribution in [0.15, 0.2) is 12.1 Å². The molecule has 0 spiro atoms. The van der Waals surface area contributed by atoms with Crippen LogP contribution in [-0.4, -0.2) is 38.7 Å². The summed E-state index contributed by atoms with van der Waals surface area (Å²) in [5.74, 6) is 0.853. The van der Waals surface area contributed by atoms with Gasteiger partial charge in [0.1, 0.15) is 0 Å². The lowest BCUT2D eigenvalue weighted by atomic mass is 10.0. The number of hydrogen-bond donors (Lipinski definition) is 0. The molecule has 1 saturated heterocycles. The molecule has 26 heavy (non-hydrogen) atoms. The van der Waals surface area contributed by atoms with Gasteiger partial charge in [-0.05, 0) is 45.2 Å². The number of rotatable bonds is 6. The Morgan fingerprint density at radius 2 is 2.08 bits per heavy atom. The van der Waals surface area contributed by atoms with E-state index in [-0.39, 0.29) is 24.0 Å². The van der Waals surface area contributed by atoms with Crippen molar-refractivity contribution in [3.63, 3.8) is 0 Å². The summed E-state index contributed by atoms with van der Waals surface area (Å²) in [6, 6.07) is 3.08. The molecule has 0 radical (unpaired) electrons. The van der Waals surface area contributed by atoms with E-state index in [9.17, 15) is 13.2 Å². The number of hydrogen-bond acceptors (Lipinski definition) is 4. The number of aromatic nitrogens is 3. The molecule has 0 aliphatic carbocycles. The molecule has 5 nitrogen and oxygen atoms in total. The zero-order valence-electron chi connectivity index (χ0n) is 15.4. The van der Waals surface area contributed by atoms with Crippen LogP contribution in [0.5, 0.6) is 5.88 Å². The van der Waals surface area contributed by atoms with Crippen LogP contribution in [0.25, 0.3) is 5.65 Å². The largest absolute Gasteiger partial charge is 0.474 e. The minimum Gasteiger partial charge on any atom is -0.474 e. The van der Waals surface area contributed by atoms with Crippen LogP contribution < -0.4 is 4.74 Å². The molecule has 2 aromatic rings. The van der Waals surface area contributed by atoms with Gasteiger partial charge in [0.05, 0.1) is 11.8 Å². The lowest BCUT2D eigenvalue weighted by Gasteiger charge is -2.17. The van der Waals surface area contributed by atoms with Gasteiger partial charge in [-0.25, -0.2) is 9.50 Å². The fourth-order valence-corrected chi connectivity index (χ4v) is 3.55. The third-order valence-corrected chi connectivity index (χ3v) is 4.61. The number of alkyl halides is 3. The summed E-state index contributed by atoms with van der Waals surface area (Å²) < 4.78 is 47.4. The van der Waals surface area contributed by atoms with Gasteiger partial charge in [-0.1, -0.05) is 13.3 Å². The van der Waals surface area contributed by atoms with E-state index in [1.54, 1.807) is 6.07 Å². The standard InChI is InChI=1S/C18H25F3N4O/c1-4-5-13-8-9-24(10-13)11-14-17(18(19,20)21)22-15-6-7-16(23-25(14)15)26-12(2)3/h6-7,12-13H,4-5,8-11H2,1-3H3. The van der Waals surface area contributed by atoms with E-state index in [1.165, 1.54) is 10.6 Å². The Kier molecular flexibility index (Phi) is 5.41. The van der Waals surface area contributed by atoms with Crippen LogP contribution in [0.2, 0.25) is 0 Å². The van der Waals surface area contributed by atoms with E-state index < -0.39 is 11.9 Å². The summed E-state index contributed by atoms with van der Waals surface area (Å²) in [5.41, 5.74) is -0.586. The summed E-state index contributed by atoms with van der Waals surface area (Å²) in [6.07, 6.45) is -1.38. The second kappa shape index (κ2) is 7.42. The highest BCUT2D eigenvalue weighted by atomic mass is 19.4. The van der Waals surface area contributed by atoms with Gasteiger partial charge >= 0.3 is 6.18 Å². The molecule has 8 heteroatoms. The first-order valence-corrected chi connectivity index (χ1v) is 9.12. The molecule has 3 rings (SSSR count). The summed E-state index contributed by atoms with van der Waals surface area (Å²) in [5, 5.41) is 4.25. The van der Waals surface area contributed by atoms with Crippen molar-refractivity contribution in [2.45, 2.75) is 58.9 Å². The Labute approximate surface area is 151 Å². The molecule has 0 N–H and O–H groups in total. The molecule has 2 aromatic heterocycles. The Morgan fingerprint density at radius 1 is 1.31 bits per heavy atom. The van der Waals surface area contributed by atoms with Crippen LogP contribution in [0.4, 0.5) is 13.2 Å². The molecule has 144 valence electrons. The van der Waals surface area contributed by atoms with Gasteiger partial charge < -0.3 is 4.74 Å². The fraction of sp³-hybridized carbons (Fsp3) is 0.667. The molecular formula is C18H25F3N4O. The molecular weight excluding hydrogens is 345 g/mol. The molecule has 1 aliphatic rings. The van der Waals surface area contributed by atoms with Gasteiger partial charge in [-0.2, -0.15) is 13.2 Å². The molecule has 0 bridgehead atoms. The van der Waals surface area contributed by atoms with Crippen LogP contribution in [0, 0.1) is 5.92 Å². The maximum atomic E-state index is 13.5. The van der Waals surface area contributed by atoms with E-state index in [4.69, 9.17) is 4.74 Å². The highest BCUT2D eigenvalue weighted by molar-refractivity contribution is 5.43. The molecule has 1 atom stereocenters. The Bertz CT molecular complexity index is 757. The summed E-state index contributed by atoms with van der Waals surface area (Å²) in [4.78, 5) is 5.86. The number of imidazole rings is 1. The predicted molar refractivity (Wildman–Crippen MR) is 92.0 cm³/mol. The first kappa shape index (κ1) is 18.9. The van der Waals surface area contributed by atoms with Crippen molar-refractivity contribution in [2.24, 2.45) is 5.92 Å². The third-order valence-electron chi connectivity index (χ3n) is 4.61. The van der Waals surface area contributed by atoms with Crippen molar-refractivity contribution >= 4 is 5.65 Å². The van der Waals surface area contributed by atoms with E-state index >= 15 is 0 Å². The van der Waals surface area contributed by atoms with E-state index in [0.717, 1.165) is 32.4 Å². The maximum absolute atomic E-state index is 13.5. The molecule has 0 amide bonds. The van der Waals surface area contributed by atoms with E-state index in [0.29, 0.717) is 11.8 Å². The summed E-state index contributed by atoms with van der Waals surface area (Å²) >= 11 is 0. The number of nitrogens with zero attached hydrogens (tertiary/aromatic N) is 4. The average Bonchev–Trinajstić information content (AvgIpc) is 3.12. The molecule has 1 aliphatic heterocycles. The topological polar surface area (TPSA) is 42.7 Å². The van der Waals surface area contributed by atoms with Crippen molar-refractivity contribution in [3.05, 3.63) is 23.5 Å². The van der Waals surface area contributed by atoms with Crippen molar-refractivity contribution < 1.29 is 17.9 Å². The van der Waals surface area contributed by atoms with Crippen molar-refractivity contribution in [3.8, 4) is 5.88 Å². The SMILES string of the molecule is CCCC1CCN(Cc2c(C(F)(F)F)nc3ccc(OC(C)C)nn23)C1. The van der Waals surface area contributed by atoms with Crippen molar-refractivity contribution in [1.82, 2.24) is 19.5 Å². The molecule has 0 aromatic carbocycles. The quantitative estimate of drug-likeness (QED) is 0.766. The molecule has 0 saturated carbocycles. The zero-order valence-corrected chi connectivity index (χ0v) is 15.4. The Hall–Kier alpha value is -1.83. The normalized spacial score (nSPS) is 19.0. The number of likely N-dealkylation sites (tertiary alicyclic amines) is 1. The minimum absolute atomic E-state index is 0.0823. The Balaban J connectivity index is 1.94. The summed E-state index contributed by atoms with van der Waals surface area (Å²) in [7, 11) is 0. The van der Waals surface area contributed by atoms with Crippen LogP contribution in [0.1, 0.15) is 51.4 Å². The van der Waals surface area contributed by atoms with Gasteiger partial charge in [0.2, 0.25) is 5.88 Å². The monoisotopic (exact) mass is 370 g/mol. The van der Waals surface area contributed by atoms with Gasteiger partial charge in [-0.15, -0.1) is 5.10 Å². The van der Waals surface area contributed by atoms with Crippen LogP contribution in [0.3, 0.4) is 0 Å². The molecule has 1 unspecified atom stereocenters. The second-order valence-corrected chi connectivity index (χ2v) is 7.19. The minimum atomic E-state index is -4.51. The third kappa shape index (κ3) is 4.11. The number of fused-ring (bicyclic) bond motifs is 1. The first-order chi connectivity index (χ1) is 12.3. The van der Waals surface area contributed by atoms with Gasteiger partial charge in [0.25, 0.3) is 0 Å². The first-order valence-electron chi connectivity index (χ1n) is 9.12. The summed E-state index contributed by atoms with van der Waals surface area (Å²) in [6.45, 7) is 7.64. The second-order valence-electron chi connectivity index (χ2n) is 7.19. The molecule has 1 fully saturated rings. The van der Waals surface area contributed by atoms with Gasteiger partial charge in [0, 0.05) is 19.2 Å². The Morgan fingerprint density at radius 3 is 2.73 bits per heavy atom. The number of ether oxygens (including phenoxy) is 1. The highest BCUT2D eigenvalue weighted by Gasteiger charge is 2.39. The van der Waals surface area contributed by atoms with E-state index in [1.807, 2.05) is 13.8 Å². The van der Waals surface area contributed by atoms with Crippen LogP contribution in [-0.2, 0) is 12.7 Å². The smallest absolute Gasteiger partial charge is 0.435 e. The zero-order chi connectivity index (χ0) is 18.9. The molecule has 3 heterocycles. The lowest BCUT2D eigenvalue weighted by Crippen LogP contribution is -2.24.